The molecule has 0 aliphatic rings. The summed E-state index contributed by atoms with van der Waals surface area (Å²) in [5, 5.41) is 13.4. The van der Waals surface area contributed by atoms with Crippen molar-refractivity contribution >= 4 is 29.1 Å². The van der Waals surface area contributed by atoms with Crippen molar-refractivity contribution in [1.29, 1.82) is 0 Å². The Bertz CT molecular complexity index is 606. The van der Waals surface area contributed by atoms with Crippen molar-refractivity contribution in [3.8, 4) is 10.6 Å². The number of esters is 1. The molecule has 0 atom stereocenters. The van der Waals surface area contributed by atoms with Crippen LogP contribution in [0.2, 0.25) is 0 Å². The zero-order valence-corrected chi connectivity index (χ0v) is 12.8. The van der Waals surface area contributed by atoms with E-state index < -0.39 is 0 Å². The van der Waals surface area contributed by atoms with Gasteiger partial charge in [-0.2, -0.15) is 5.10 Å². The molecule has 0 fully saturated rings. The van der Waals surface area contributed by atoms with E-state index in [4.69, 9.17) is 0 Å². The minimum absolute atomic E-state index is 0.246. The second-order valence-electron chi connectivity index (χ2n) is 3.91. The largest absolute Gasteiger partial charge is 0.468 e. The molecule has 2 rings (SSSR count). The van der Waals surface area contributed by atoms with Crippen molar-refractivity contribution in [2.45, 2.75) is 18.2 Å². The maximum atomic E-state index is 11.1. The van der Waals surface area contributed by atoms with Crippen LogP contribution in [0.5, 0.6) is 0 Å². The van der Waals surface area contributed by atoms with Gasteiger partial charge in [0.05, 0.1) is 24.1 Å². The van der Waals surface area contributed by atoms with Crippen molar-refractivity contribution in [3.05, 3.63) is 11.4 Å². The summed E-state index contributed by atoms with van der Waals surface area (Å²) in [5.41, 5.74) is 3.00. The maximum absolute atomic E-state index is 11.1. The molecular weight excluding hydrogens is 284 g/mol. The van der Waals surface area contributed by atoms with Crippen molar-refractivity contribution in [2.75, 3.05) is 12.9 Å². The van der Waals surface area contributed by atoms with Gasteiger partial charge in [0.1, 0.15) is 0 Å². The highest BCUT2D eigenvalue weighted by atomic mass is 32.2. The predicted molar refractivity (Wildman–Crippen MR) is 74.3 cm³/mol. The van der Waals surface area contributed by atoms with E-state index in [0.717, 1.165) is 26.3 Å². The predicted octanol–water partition coefficient (Wildman–Crippen LogP) is 1.82. The number of aromatic nitrogens is 4. The molecule has 0 radical (unpaired) electrons. The number of methoxy groups -OCH3 is 1. The topological polar surface area (TPSA) is 69.9 Å². The Labute approximate surface area is 119 Å². The molecule has 102 valence electrons. The van der Waals surface area contributed by atoms with E-state index >= 15 is 0 Å². The minimum atomic E-state index is -0.268. The van der Waals surface area contributed by atoms with Crippen molar-refractivity contribution in [1.82, 2.24) is 20.0 Å². The second kappa shape index (κ2) is 5.70. The number of thioether (sulfide) groups is 1. The van der Waals surface area contributed by atoms with Gasteiger partial charge in [-0.1, -0.05) is 23.1 Å². The lowest BCUT2D eigenvalue weighted by Gasteiger charge is -1.96. The summed E-state index contributed by atoms with van der Waals surface area (Å²) in [6, 6.07) is 0. The Morgan fingerprint density at radius 1 is 1.42 bits per heavy atom. The standard InChI is InChI=1S/C11H14N4O2S2/c1-6-9(7(2)15(3)14-6)10-12-13-11(19-10)18-5-8(16)17-4/h5H2,1-4H3. The van der Waals surface area contributed by atoms with E-state index in [2.05, 4.69) is 20.0 Å². The van der Waals surface area contributed by atoms with E-state index in [1.807, 2.05) is 25.6 Å². The van der Waals surface area contributed by atoms with Gasteiger partial charge in [-0.25, -0.2) is 0 Å². The molecule has 0 spiro atoms. The van der Waals surface area contributed by atoms with Gasteiger partial charge in [0.2, 0.25) is 0 Å². The van der Waals surface area contributed by atoms with Crippen LogP contribution in [0.1, 0.15) is 11.4 Å². The highest BCUT2D eigenvalue weighted by Gasteiger charge is 2.16. The van der Waals surface area contributed by atoms with E-state index in [0.29, 0.717) is 0 Å². The fraction of sp³-hybridized carbons (Fsp3) is 0.455. The molecule has 8 heteroatoms. The number of ether oxygens (including phenoxy) is 1. The van der Waals surface area contributed by atoms with Crippen LogP contribution < -0.4 is 0 Å². The highest BCUT2D eigenvalue weighted by Crippen LogP contribution is 2.32. The molecule has 6 nitrogen and oxygen atoms in total. The summed E-state index contributed by atoms with van der Waals surface area (Å²) in [6.45, 7) is 3.95. The van der Waals surface area contributed by atoms with Crippen molar-refractivity contribution < 1.29 is 9.53 Å². The third kappa shape index (κ3) is 2.95. The number of nitrogens with zero attached hydrogens (tertiary/aromatic N) is 4. The first-order chi connectivity index (χ1) is 9.02. The Morgan fingerprint density at radius 3 is 2.74 bits per heavy atom. The summed E-state index contributed by atoms with van der Waals surface area (Å²) in [7, 11) is 3.27. The maximum Gasteiger partial charge on any atom is 0.316 e. The normalized spacial score (nSPS) is 10.7. The fourth-order valence-corrected chi connectivity index (χ4v) is 3.47. The SMILES string of the molecule is COC(=O)CSc1nnc(-c2c(C)nn(C)c2C)s1. The van der Waals surface area contributed by atoms with E-state index in [-0.39, 0.29) is 11.7 Å². The zero-order chi connectivity index (χ0) is 14.0. The first kappa shape index (κ1) is 14.0. The molecule has 0 aliphatic carbocycles. The zero-order valence-electron chi connectivity index (χ0n) is 11.1. The van der Waals surface area contributed by atoms with Gasteiger partial charge in [-0.3, -0.25) is 9.48 Å². The van der Waals surface area contributed by atoms with Crippen LogP contribution in [0.4, 0.5) is 0 Å². The van der Waals surface area contributed by atoms with Gasteiger partial charge in [0.15, 0.2) is 9.35 Å². The molecule has 0 saturated heterocycles. The monoisotopic (exact) mass is 298 g/mol. The van der Waals surface area contributed by atoms with Crippen molar-refractivity contribution in [3.63, 3.8) is 0 Å². The third-order valence-corrected chi connectivity index (χ3v) is 4.72. The Kier molecular flexibility index (Phi) is 4.20. The van der Waals surface area contributed by atoms with Gasteiger partial charge in [-0.15, -0.1) is 10.2 Å². The summed E-state index contributed by atoms with van der Waals surface area (Å²) in [6.07, 6.45) is 0. The van der Waals surface area contributed by atoms with Gasteiger partial charge >= 0.3 is 5.97 Å². The quantitative estimate of drug-likeness (QED) is 0.633. The molecule has 0 aliphatic heterocycles. The van der Waals surface area contributed by atoms with Gasteiger partial charge in [0, 0.05) is 12.7 Å². The first-order valence-electron chi connectivity index (χ1n) is 5.56. The Hall–Kier alpha value is -1.41. The highest BCUT2D eigenvalue weighted by molar-refractivity contribution is 8.01. The van der Waals surface area contributed by atoms with Gasteiger partial charge in [-0.05, 0) is 13.8 Å². The molecule has 2 aromatic rings. The number of hydrogen-bond acceptors (Lipinski definition) is 7. The van der Waals surface area contributed by atoms with Crippen LogP contribution in [-0.4, -0.2) is 38.8 Å². The van der Waals surface area contributed by atoms with Crippen LogP contribution in [0.15, 0.2) is 4.34 Å². The third-order valence-electron chi connectivity index (χ3n) is 2.67. The molecule has 0 saturated carbocycles. The smallest absolute Gasteiger partial charge is 0.316 e. The molecular formula is C11H14N4O2S2. The van der Waals surface area contributed by atoms with E-state index in [9.17, 15) is 4.79 Å². The van der Waals surface area contributed by atoms with E-state index in [1.165, 1.54) is 30.2 Å². The van der Waals surface area contributed by atoms with Gasteiger partial charge in [0.25, 0.3) is 0 Å². The lowest BCUT2D eigenvalue weighted by molar-refractivity contribution is -0.137. The van der Waals surface area contributed by atoms with Crippen LogP contribution in [-0.2, 0) is 16.6 Å². The number of hydrogen-bond donors (Lipinski definition) is 0. The Morgan fingerprint density at radius 2 is 2.16 bits per heavy atom. The molecule has 0 aromatic carbocycles. The fourth-order valence-electron chi connectivity index (χ4n) is 1.63. The lowest BCUT2D eigenvalue weighted by Crippen LogP contribution is -2.02. The minimum Gasteiger partial charge on any atom is -0.468 e. The Balaban J connectivity index is 2.19. The second-order valence-corrected chi connectivity index (χ2v) is 6.11. The average Bonchev–Trinajstić information content (AvgIpc) is 2.92. The molecule has 0 N–H and O–H groups in total. The summed E-state index contributed by atoms with van der Waals surface area (Å²) in [5.74, 6) is -0.0219. The number of carbonyl (C=O) groups is 1. The van der Waals surface area contributed by atoms with Crippen LogP contribution >= 0.6 is 23.1 Å². The average molecular weight is 298 g/mol. The lowest BCUT2D eigenvalue weighted by atomic mass is 10.2. The van der Waals surface area contributed by atoms with Crippen LogP contribution in [0.3, 0.4) is 0 Å². The molecule has 0 amide bonds. The van der Waals surface area contributed by atoms with Crippen LogP contribution in [0.25, 0.3) is 10.6 Å². The molecule has 2 aromatic heterocycles. The van der Waals surface area contributed by atoms with Crippen molar-refractivity contribution in [2.24, 2.45) is 7.05 Å². The molecule has 0 bridgehead atoms. The number of carbonyl (C=O) groups excluding carboxylic acids is 1. The number of rotatable bonds is 4. The molecule has 19 heavy (non-hydrogen) atoms. The first-order valence-corrected chi connectivity index (χ1v) is 7.36. The number of aryl methyl sites for hydroxylation is 2. The summed E-state index contributed by atoms with van der Waals surface area (Å²) < 4.78 is 7.17. The summed E-state index contributed by atoms with van der Waals surface area (Å²) in [4.78, 5) is 11.1. The molecule has 0 unspecified atom stereocenters. The van der Waals surface area contributed by atoms with E-state index in [1.54, 1.807) is 0 Å². The van der Waals surface area contributed by atoms with Gasteiger partial charge < -0.3 is 4.74 Å². The summed E-state index contributed by atoms with van der Waals surface area (Å²) >= 11 is 2.79. The molecule has 2 heterocycles. The van der Waals surface area contributed by atoms with Crippen LogP contribution in [0, 0.1) is 13.8 Å².